The molecule has 1 amide bonds. The first-order valence-corrected chi connectivity index (χ1v) is 7.15. The van der Waals surface area contributed by atoms with Crippen molar-refractivity contribution in [1.82, 2.24) is 15.4 Å². The highest BCUT2D eigenvalue weighted by Crippen LogP contribution is 2.27. The average Bonchev–Trinajstić information content (AvgIpc) is 3.08. The van der Waals surface area contributed by atoms with Crippen molar-refractivity contribution in [3.8, 4) is 0 Å². The van der Waals surface area contributed by atoms with E-state index in [4.69, 9.17) is 4.52 Å². The molecule has 0 aliphatic carbocycles. The number of aryl methyl sites for hydroxylation is 2. The van der Waals surface area contributed by atoms with Gasteiger partial charge < -0.3 is 14.7 Å². The number of carbonyl (C=O) groups is 1. The van der Waals surface area contributed by atoms with Gasteiger partial charge in [-0.05, 0) is 46.1 Å². The Morgan fingerprint density at radius 3 is 2.84 bits per heavy atom. The van der Waals surface area contributed by atoms with Crippen molar-refractivity contribution in [2.75, 3.05) is 13.1 Å². The number of hydrogen-bond donors (Lipinski definition) is 1. The maximum absolute atomic E-state index is 12.7. The topological polar surface area (TPSA) is 58.4 Å². The summed E-state index contributed by atoms with van der Waals surface area (Å²) in [4.78, 5) is 14.7. The van der Waals surface area contributed by atoms with Crippen LogP contribution in [0.3, 0.4) is 0 Å². The van der Waals surface area contributed by atoms with E-state index in [0.717, 1.165) is 25.9 Å². The van der Waals surface area contributed by atoms with E-state index >= 15 is 0 Å². The van der Waals surface area contributed by atoms with Gasteiger partial charge in [0.2, 0.25) is 0 Å². The standard InChI is InChI=1S/C14H21N3O2/c1-9-13(10(2)19-16-9)14(18)17-8-4-6-12(17)11-5-3-7-15-11/h11-12,15H,3-8H2,1-2H3. The van der Waals surface area contributed by atoms with Gasteiger partial charge in [-0.1, -0.05) is 5.16 Å². The fraction of sp³-hybridized carbons (Fsp3) is 0.714. The van der Waals surface area contributed by atoms with E-state index in [0.29, 0.717) is 29.1 Å². The summed E-state index contributed by atoms with van der Waals surface area (Å²) in [5, 5.41) is 7.42. The molecule has 2 fully saturated rings. The van der Waals surface area contributed by atoms with Crippen LogP contribution in [-0.4, -0.2) is 41.1 Å². The number of nitrogens with zero attached hydrogens (tertiary/aromatic N) is 2. The van der Waals surface area contributed by atoms with Crippen molar-refractivity contribution < 1.29 is 9.32 Å². The van der Waals surface area contributed by atoms with Crippen molar-refractivity contribution in [2.24, 2.45) is 0 Å². The van der Waals surface area contributed by atoms with Crippen molar-refractivity contribution in [3.63, 3.8) is 0 Å². The largest absolute Gasteiger partial charge is 0.361 e. The van der Waals surface area contributed by atoms with E-state index in [1.165, 1.54) is 12.8 Å². The fourth-order valence-electron chi connectivity index (χ4n) is 3.43. The lowest BCUT2D eigenvalue weighted by Crippen LogP contribution is -2.46. The van der Waals surface area contributed by atoms with Gasteiger partial charge in [0.25, 0.3) is 5.91 Å². The van der Waals surface area contributed by atoms with Gasteiger partial charge in [-0.15, -0.1) is 0 Å². The first-order valence-electron chi connectivity index (χ1n) is 7.15. The molecule has 3 heterocycles. The summed E-state index contributed by atoms with van der Waals surface area (Å²) in [5.74, 6) is 0.722. The molecule has 2 aliphatic rings. The highest BCUT2D eigenvalue weighted by Gasteiger charge is 2.37. The molecule has 1 aromatic rings. The van der Waals surface area contributed by atoms with Crippen LogP contribution < -0.4 is 5.32 Å². The second-order valence-electron chi connectivity index (χ2n) is 5.61. The van der Waals surface area contributed by atoms with Crippen LogP contribution in [0.4, 0.5) is 0 Å². The predicted octanol–water partition coefficient (Wildman–Crippen LogP) is 1.65. The van der Waals surface area contributed by atoms with Crippen LogP contribution in [0.15, 0.2) is 4.52 Å². The number of rotatable bonds is 2. The lowest BCUT2D eigenvalue weighted by atomic mass is 10.0. The third-order valence-electron chi connectivity index (χ3n) is 4.37. The number of amides is 1. The molecule has 2 saturated heterocycles. The molecule has 19 heavy (non-hydrogen) atoms. The Labute approximate surface area is 113 Å². The van der Waals surface area contributed by atoms with Crippen LogP contribution in [0.1, 0.15) is 47.5 Å². The van der Waals surface area contributed by atoms with E-state index in [2.05, 4.69) is 10.5 Å². The minimum Gasteiger partial charge on any atom is -0.361 e. The Morgan fingerprint density at radius 1 is 1.37 bits per heavy atom. The van der Waals surface area contributed by atoms with E-state index in [9.17, 15) is 4.79 Å². The van der Waals surface area contributed by atoms with E-state index in [1.54, 1.807) is 0 Å². The third-order valence-corrected chi connectivity index (χ3v) is 4.37. The maximum atomic E-state index is 12.7. The van der Waals surface area contributed by atoms with Gasteiger partial charge in [-0.25, -0.2) is 0 Å². The molecule has 5 nitrogen and oxygen atoms in total. The zero-order chi connectivity index (χ0) is 13.4. The molecule has 104 valence electrons. The minimum atomic E-state index is 0.0902. The predicted molar refractivity (Wildman–Crippen MR) is 71.1 cm³/mol. The minimum absolute atomic E-state index is 0.0902. The zero-order valence-electron chi connectivity index (χ0n) is 11.6. The number of hydrogen-bond acceptors (Lipinski definition) is 4. The Morgan fingerprint density at radius 2 is 2.21 bits per heavy atom. The van der Waals surface area contributed by atoms with Crippen molar-refractivity contribution in [1.29, 1.82) is 0 Å². The fourth-order valence-corrected chi connectivity index (χ4v) is 3.43. The second kappa shape index (κ2) is 4.96. The molecule has 5 heteroatoms. The number of nitrogens with one attached hydrogen (secondary N) is 1. The lowest BCUT2D eigenvalue weighted by molar-refractivity contribution is 0.0709. The third kappa shape index (κ3) is 2.16. The Bertz CT molecular complexity index is 458. The Kier molecular flexibility index (Phi) is 3.31. The molecule has 0 saturated carbocycles. The molecule has 2 atom stereocenters. The van der Waals surface area contributed by atoms with Gasteiger partial charge in [-0.3, -0.25) is 4.79 Å². The molecule has 0 bridgehead atoms. The van der Waals surface area contributed by atoms with Gasteiger partial charge in [0.15, 0.2) is 0 Å². The number of aromatic nitrogens is 1. The molecule has 1 N–H and O–H groups in total. The number of carbonyl (C=O) groups excluding carboxylic acids is 1. The summed E-state index contributed by atoms with van der Waals surface area (Å²) < 4.78 is 5.12. The first kappa shape index (κ1) is 12.7. The second-order valence-corrected chi connectivity index (χ2v) is 5.61. The maximum Gasteiger partial charge on any atom is 0.259 e. The summed E-state index contributed by atoms with van der Waals surface area (Å²) in [6, 6.07) is 0.802. The summed E-state index contributed by atoms with van der Waals surface area (Å²) in [7, 11) is 0. The van der Waals surface area contributed by atoms with Crippen molar-refractivity contribution in [2.45, 2.75) is 51.6 Å². The zero-order valence-corrected chi connectivity index (χ0v) is 11.6. The summed E-state index contributed by atoms with van der Waals surface area (Å²) in [6.07, 6.45) is 4.59. The van der Waals surface area contributed by atoms with E-state index < -0.39 is 0 Å². The van der Waals surface area contributed by atoms with Gasteiger partial charge in [0.1, 0.15) is 11.3 Å². The van der Waals surface area contributed by atoms with Crippen LogP contribution >= 0.6 is 0 Å². The van der Waals surface area contributed by atoms with Crippen molar-refractivity contribution in [3.05, 3.63) is 17.0 Å². The van der Waals surface area contributed by atoms with Crippen LogP contribution in [-0.2, 0) is 0 Å². The quantitative estimate of drug-likeness (QED) is 0.881. The molecule has 0 radical (unpaired) electrons. The highest BCUT2D eigenvalue weighted by molar-refractivity contribution is 5.96. The smallest absolute Gasteiger partial charge is 0.259 e. The van der Waals surface area contributed by atoms with Gasteiger partial charge >= 0.3 is 0 Å². The normalized spacial score (nSPS) is 27.2. The monoisotopic (exact) mass is 263 g/mol. The van der Waals surface area contributed by atoms with Crippen molar-refractivity contribution >= 4 is 5.91 Å². The van der Waals surface area contributed by atoms with Crippen LogP contribution in [0.5, 0.6) is 0 Å². The summed E-state index contributed by atoms with van der Waals surface area (Å²) >= 11 is 0. The SMILES string of the molecule is Cc1noc(C)c1C(=O)N1CCCC1C1CCCN1. The lowest BCUT2D eigenvalue weighted by Gasteiger charge is -2.29. The Balaban J connectivity index is 1.82. The van der Waals surface area contributed by atoms with Gasteiger partial charge in [0, 0.05) is 18.6 Å². The van der Waals surface area contributed by atoms with Crippen LogP contribution in [0.25, 0.3) is 0 Å². The van der Waals surface area contributed by atoms with E-state index in [1.807, 2.05) is 18.7 Å². The highest BCUT2D eigenvalue weighted by atomic mass is 16.5. The van der Waals surface area contributed by atoms with E-state index in [-0.39, 0.29) is 5.91 Å². The molecule has 1 aromatic heterocycles. The first-order chi connectivity index (χ1) is 9.18. The molecule has 0 aromatic carbocycles. The molecule has 2 unspecified atom stereocenters. The van der Waals surface area contributed by atoms with Gasteiger partial charge in [-0.2, -0.15) is 0 Å². The molecule has 2 aliphatic heterocycles. The molecular weight excluding hydrogens is 242 g/mol. The summed E-state index contributed by atoms with van der Waals surface area (Å²) in [6.45, 7) is 5.58. The Hall–Kier alpha value is -1.36. The molecule has 3 rings (SSSR count). The molecular formula is C14H21N3O2. The molecule has 0 spiro atoms. The summed E-state index contributed by atoms with van der Waals surface area (Å²) in [5.41, 5.74) is 1.36. The number of likely N-dealkylation sites (tertiary alicyclic amines) is 1. The van der Waals surface area contributed by atoms with Crippen LogP contribution in [0, 0.1) is 13.8 Å². The van der Waals surface area contributed by atoms with Gasteiger partial charge in [0.05, 0.1) is 5.69 Å². The average molecular weight is 263 g/mol. The van der Waals surface area contributed by atoms with Crippen LogP contribution in [0.2, 0.25) is 0 Å².